The molecule has 4 N–H and O–H groups in total. The number of ether oxygens (including phenoxy) is 2. The van der Waals surface area contributed by atoms with E-state index in [2.05, 4.69) is 15.5 Å². The van der Waals surface area contributed by atoms with Crippen LogP contribution in [0.5, 0.6) is 5.75 Å². The summed E-state index contributed by atoms with van der Waals surface area (Å²) in [7, 11) is 0. The SMILES string of the molecule is CCc1nnc(NC(=O)OCC(Oc2cccc3sc(C(=N)N)cc23)c2ccccc2)o1. The molecule has 32 heavy (non-hydrogen) atoms. The topological polar surface area (TPSA) is 136 Å². The second-order valence-electron chi connectivity index (χ2n) is 6.79. The molecule has 1 amide bonds. The van der Waals surface area contributed by atoms with E-state index in [-0.39, 0.29) is 18.5 Å². The van der Waals surface area contributed by atoms with Crippen molar-refractivity contribution in [1.29, 1.82) is 5.41 Å². The third-order valence-electron chi connectivity index (χ3n) is 4.57. The minimum absolute atomic E-state index is 0.00372. The van der Waals surface area contributed by atoms with E-state index in [0.717, 1.165) is 15.6 Å². The minimum Gasteiger partial charge on any atom is -0.481 e. The van der Waals surface area contributed by atoms with E-state index in [1.807, 2.05) is 61.5 Å². The molecular weight excluding hydrogens is 430 g/mol. The van der Waals surface area contributed by atoms with Crippen LogP contribution in [0.4, 0.5) is 10.8 Å². The largest absolute Gasteiger partial charge is 0.481 e. The van der Waals surface area contributed by atoms with Crippen LogP contribution >= 0.6 is 11.3 Å². The van der Waals surface area contributed by atoms with Crippen LogP contribution in [0.25, 0.3) is 10.1 Å². The van der Waals surface area contributed by atoms with Crippen molar-refractivity contribution >= 4 is 39.4 Å². The highest BCUT2D eigenvalue weighted by Gasteiger charge is 2.19. The number of nitrogens with one attached hydrogen (secondary N) is 2. The highest BCUT2D eigenvalue weighted by molar-refractivity contribution is 7.20. The Labute approximate surface area is 187 Å². The number of fused-ring (bicyclic) bond motifs is 1. The number of amides is 1. The zero-order valence-electron chi connectivity index (χ0n) is 17.2. The number of aromatic nitrogens is 2. The second-order valence-corrected chi connectivity index (χ2v) is 7.87. The van der Waals surface area contributed by atoms with Gasteiger partial charge in [0.05, 0.1) is 4.88 Å². The average molecular weight is 452 g/mol. The Kier molecular flexibility index (Phi) is 6.31. The summed E-state index contributed by atoms with van der Waals surface area (Å²) in [6, 6.07) is 16.9. The average Bonchev–Trinajstić information content (AvgIpc) is 3.44. The lowest BCUT2D eigenvalue weighted by Gasteiger charge is -2.20. The Morgan fingerprint density at radius 3 is 2.75 bits per heavy atom. The number of hydrogen-bond acceptors (Lipinski definition) is 8. The van der Waals surface area contributed by atoms with Gasteiger partial charge in [-0.1, -0.05) is 48.4 Å². The molecular formula is C22H21N5O4S. The molecule has 0 aliphatic rings. The van der Waals surface area contributed by atoms with Gasteiger partial charge in [0.25, 0.3) is 0 Å². The minimum atomic E-state index is -0.728. The number of anilines is 1. The molecule has 0 spiro atoms. The highest BCUT2D eigenvalue weighted by Crippen LogP contribution is 2.35. The van der Waals surface area contributed by atoms with Crippen LogP contribution in [0.3, 0.4) is 0 Å². The highest BCUT2D eigenvalue weighted by atomic mass is 32.1. The molecule has 2 aromatic heterocycles. The lowest BCUT2D eigenvalue weighted by atomic mass is 10.1. The number of benzene rings is 2. The molecule has 0 aliphatic heterocycles. The molecule has 4 rings (SSSR count). The fourth-order valence-corrected chi connectivity index (χ4v) is 3.95. The van der Waals surface area contributed by atoms with Crippen LogP contribution in [0.2, 0.25) is 0 Å². The van der Waals surface area contributed by atoms with Crippen LogP contribution in [0.1, 0.15) is 29.4 Å². The van der Waals surface area contributed by atoms with Crippen LogP contribution in [-0.4, -0.2) is 28.7 Å². The molecule has 0 fully saturated rings. The van der Waals surface area contributed by atoms with E-state index in [4.69, 9.17) is 25.0 Å². The maximum atomic E-state index is 12.2. The summed E-state index contributed by atoms with van der Waals surface area (Å²) in [6.07, 6.45) is -0.733. The third kappa shape index (κ3) is 4.86. The van der Waals surface area contributed by atoms with Crippen molar-refractivity contribution in [2.45, 2.75) is 19.4 Å². The van der Waals surface area contributed by atoms with E-state index >= 15 is 0 Å². The molecule has 0 bridgehead atoms. The summed E-state index contributed by atoms with van der Waals surface area (Å²) >= 11 is 1.42. The Balaban J connectivity index is 1.52. The summed E-state index contributed by atoms with van der Waals surface area (Å²) in [6.45, 7) is 1.81. The predicted octanol–water partition coefficient (Wildman–Crippen LogP) is 4.50. The lowest BCUT2D eigenvalue weighted by Crippen LogP contribution is -2.21. The Bertz CT molecular complexity index is 1240. The Morgan fingerprint density at radius 2 is 2.03 bits per heavy atom. The fourth-order valence-electron chi connectivity index (χ4n) is 3.01. The first-order valence-electron chi connectivity index (χ1n) is 9.88. The molecule has 0 radical (unpaired) electrons. The van der Waals surface area contributed by atoms with Gasteiger partial charge < -0.3 is 19.6 Å². The number of amidine groups is 1. The van der Waals surface area contributed by atoms with Gasteiger partial charge in [-0.15, -0.1) is 16.4 Å². The summed E-state index contributed by atoms with van der Waals surface area (Å²) in [5.41, 5.74) is 6.48. The fraction of sp³-hybridized carbons (Fsp3) is 0.182. The van der Waals surface area contributed by atoms with Gasteiger partial charge in [-0.05, 0) is 23.8 Å². The van der Waals surface area contributed by atoms with Crippen LogP contribution in [-0.2, 0) is 11.2 Å². The first-order chi connectivity index (χ1) is 15.5. The summed E-state index contributed by atoms with van der Waals surface area (Å²) in [4.78, 5) is 12.9. The van der Waals surface area contributed by atoms with E-state index in [1.54, 1.807) is 0 Å². The molecule has 1 atom stereocenters. The monoisotopic (exact) mass is 451 g/mol. The number of aryl methyl sites for hydroxylation is 1. The van der Waals surface area contributed by atoms with Crippen LogP contribution in [0.15, 0.2) is 59.0 Å². The van der Waals surface area contributed by atoms with Crippen molar-refractivity contribution in [3.05, 3.63) is 70.9 Å². The molecule has 4 aromatic rings. The number of hydrogen-bond donors (Lipinski definition) is 3. The Hall–Kier alpha value is -3.92. The van der Waals surface area contributed by atoms with Gasteiger partial charge in [-0.3, -0.25) is 5.41 Å². The van der Waals surface area contributed by atoms with Gasteiger partial charge in [-0.25, -0.2) is 10.1 Å². The van der Waals surface area contributed by atoms with Crippen molar-refractivity contribution in [2.24, 2.45) is 5.73 Å². The van der Waals surface area contributed by atoms with Crippen molar-refractivity contribution in [1.82, 2.24) is 10.2 Å². The number of rotatable bonds is 8. The van der Waals surface area contributed by atoms with Gasteiger partial charge in [0.1, 0.15) is 18.2 Å². The third-order valence-corrected chi connectivity index (χ3v) is 5.71. The van der Waals surface area contributed by atoms with Crippen molar-refractivity contribution < 1.29 is 18.7 Å². The summed E-state index contributed by atoms with van der Waals surface area (Å²) in [5.74, 6) is 1.03. The zero-order valence-corrected chi connectivity index (χ0v) is 18.0. The number of thiophene rings is 1. The van der Waals surface area contributed by atoms with E-state index in [0.29, 0.717) is 22.9 Å². The van der Waals surface area contributed by atoms with Gasteiger partial charge in [0, 0.05) is 16.5 Å². The first-order valence-corrected chi connectivity index (χ1v) is 10.7. The van der Waals surface area contributed by atoms with Gasteiger partial charge >= 0.3 is 12.1 Å². The number of carbonyl (C=O) groups is 1. The standard InChI is InChI=1S/C22H21N5O4S/c1-2-19-26-27-21(31-19)25-22(28)29-12-16(13-7-4-3-5-8-13)30-15-9-6-10-17-14(15)11-18(32-17)20(23)24/h3-11,16H,2,12H2,1H3,(H3,23,24)(H,25,27,28). The maximum Gasteiger partial charge on any atom is 0.415 e. The second kappa shape index (κ2) is 9.48. The van der Waals surface area contributed by atoms with Gasteiger partial charge in [0.2, 0.25) is 5.89 Å². The molecule has 10 heteroatoms. The number of carbonyl (C=O) groups excluding carboxylic acids is 1. The van der Waals surface area contributed by atoms with Crippen LogP contribution < -0.4 is 15.8 Å². The van der Waals surface area contributed by atoms with Crippen molar-refractivity contribution in [3.8, 4) is 5.75 Å². The van der Waals surface area contributed by atoms with E-state index < -0.39 is 12.2 Å². The predicted molar refractivity (Wildman–Crippen MR) is 121 cm³/mol. The first kappa shape index (κ1) is 21.3. The molecule has 0 aliphatic carbocycles. The van der Waals surface area contributed by atoms with E-state index in [9.17, 15) is 4.79 Å². The van der Waals surface area contributed by atoms with Gasteiger partial charge in [-0.2, -0.15) is 0 Å². The molecule has 9 nitrogen and oxygen atoms in total. The summed E-state index contributed by atoms with van der Waals surface area (Å²) < 4.78 is 17.9. The van der Waals surface area contributed by atoms with E-state index in [1.165, 1.54) is 11.3 Å². The summed E-state index contributed by atoms with van der Waals surface area (Å²) in [5, 5.41) is 18.5. The zero-order chi connectivity index (χ0) is 22.5. The lowest BCUT2D eigenvalue weighted by molar-refractivity contribution is 0.0906. The van der Waals surface area contributed by atoms with Crippen LogP contribution in [0, 0.1) is 5.41 Å². The molecule has 1 unspecified atom stereocenters. The molecule has 0 saturated heterocycles. The molecule has 164 valence electrons. The Morgan fingerprint density at radius 1 is 1.22 bits per heavy atom. The quantitative estimate of drug-likeness (QED) is 0.265. The maximum absolute atomic E-state index is 12.2. The number of nitrogens with two attached hydrogens (primary N) is 1. The van der Waals surface area contributed by atoms with Crippen molar-refractivity contribution in [3.63, 3.8) is 0 Å². The normalized spacial score (nSPS) is 11.8. The number of nitrogens with zero attached hydrogens (tertiary/aromatic N) is 2. The molecule has 2 aromatic carbocycles. The molecule has 2 heterocycles. The molecule has 0 saturated carbocycles. The number of nitrogen functional groups attached to an aromatic ring is 1. The smallest absolute Gasteiger partial charge is 0.415 e. The van der Waals surface area contributed by atoms with Gasteiger partial charge in [0.15, 0.2) is 6.10 Å². The van der Waals surface area contributed by atoms with Crippen molar-refractivity contribution in [2.75, 3.05) is 11.9 Å².